The molecule has 0 atom stereocenters. The zero-order chi connectivity index (χ0) is 32.1. The van der Waals surface area contributed by atoms with E-state index in [-0.39, 0.29) is 6.09 Å². The number of rotatable bonds is 7. The van der Waals surface area contributed by atoms with Crippen LogP contribution >= 0.6 is 0 Å². The summed E-state index contributed by atoms with van der Waals surface area (Å²) in [5, 5.41) is 14.2. The molecule has 4 heterocycles. The summed E-state index contributed by atoms with van der Waals surface area (Å²) in [4.78, 5) is 30.3. The van der Waals surface area contributed by atoms with Crippen molar-refractivity contribution >= 4 is 11.8 Å². The molecule has 1 saturated heterocycles. The SMILES string of the molecule is CC(C)(C)OC(=O)N1CCN(c2ccc(Cc3nccc(-c4cn(Cc5cccc(C#N)c5)nc4-c4cccnc4)n3)cc2)CC1. The van der Waals surface area contributed by atoms with Gasteiger partial charge in [0.05, 0.1) is 23.9 Å². The molecule has 2 aromatic carbocycles. The summed E-state index contributed by atoms with van der Waals surface area (Å²) in [7, 11) is 0. The quantitative estimate of drug-likeness (QED) is 0.221. The number of piperazine rings is 1. The van der Waals surface area contributed by atoms with Crippen LogP contribution in [0, 0.1) is 11.3 Å². The fourth-order valence-electron chi connectivity index (χ4n) is 5.45. The maximum Gasteiger partial charge on any atom is 0.410 e. The van der Waals surface area contributed by atoms with Crippen LogP contribution in [0.2, 0.25) is 0 Å². The van der Waals surface area contributed by atoms with E-state index in [9.17, 15) is 10.1 Å². The Bertz CT molecular complexity index is 1850. The first-order chi connectivity index (χ1) is 22.2. The first kappa shape index (κ1) is 30.5. The van der Waals surface area contributed by atoms with Gasteiger partial charge in [-0.3, -0.25) is 9.67 Å². The number of hydrogen-bond donors (Lipinski definition) is 0. The van der Waals surface area contributed by atoms with E-state index in [0.717, 1.165) is 52.4 Å². The van der Waals surface area contributed by atoms with Crippen molar-refractivity contribution < 1.29 is 9.53 Å². The summed E-state index contributed by atoms with van der Waals surface area (Å²) >= 11 is 0. The van der Waals surface area contributed by atoms with Gasteiger partial charge in [-0.15, -0.1) is 0 Å². The van der Waals surface area contributed by atoms with Gasteiger partial charge in [-0.1, -0.05) is 24.3 Å². The molecule has 0 N–H and O–H groups in total. The lowest BCUT2D eigenvalue weighted by molar-refractivity contribution is 0.0240. The highest BCUT2D eigenvalue weighted by atomic mass is 16.6. The number of carbonyl (C=O) groups excluding carboxylic acids is 1. The second kappa shape index (κ2) is 13.2. The Labute approximate surface area is 268 Å². The number of hydrogen-bond acceptors (Lipinski definition) is 8. The first-order valence-electron chi connectivity index (χ1n) is 15.3. The molecule has 10 heteroatoms. The van der Waals surface area contributed by atoms with E-state index in [1.807, 2.05) is 68.0 Å². The average molecular weight is 613 g/mol. The Morgan fingerprint density at radius 1 is 0.957 bits per heavy atom. The Balaban J connectivity index is 1.17. The molecule has 0 radical (unpaired) electrons. The molecule has 10 nitrogen and oxygen atoms in total. The maximum atomic E-state index is 12.4. The summed E-state index contributed by atoms with van der Waals surface area (Å²) in [5.74, 6) is 0.711. The molecule has 0 unspecified atom stereocenters. The molecule has 1 aliphatic rings. The number of benzene rings is 2. The van der Waals surface area contributed by atoms with Crippen molar-refractivity contribution in [1.82, 2.24) is 29.6 Å². The third-order valence-electron chi connectivity index (χ3n) is 7.67. The van der Waals surface area contributed by atoms with Crippen molar-refractivity contribution in [2.24, 2.45) is 0 Å². The third kappa shape index (κ3) is 7.38. The number of nitrogens with zero attached hydrogens (tertiary/aromatic N) is 8. The molecule has 3 aromatic heterocycles. The van der Waals surface area contributed by atoms with Crippen LogP contribution in [0.4, 0.5) is 10.5 Å². The number of aromatic nitrogens is 5. The predicted molar refractivity (Wildman–Crippen MR) is 176 cm³/mol. The Morgan fingerprint density at radius 2 is 1.76 bits per heavy atom. The van der Waals surface area contributed by atoms with Gasteiger partial charge in [0, 0.05) is 74.2 Å². The molecule has 0 aliphatic carbocycles. The average Bonchev–Trinajstić information content (AvgIpc) is 3.49. The summed E-state index contributed by atoms with van der Waals surface area (Å²) in [5.41, 5.74) is 6.67. The van der Waals surface area contributed by atoms with Gasteiger partial charge in [0.25, 0.3) is 0 Å². The Kier molecular flexibility index (Phi) is 8.74. The van der Waals surface area contributed by atoms with E-state index in [2.05, 4.69) is 45.2 Å². The van der Waals surface area contributed by atoms with E-state index < -0.39 is 5.60 Å². The van der Waals surface area contributed by atoms with Gasteiger partial charge in [-0.05, 0) is 74.4 Å². The number of carbonyl (C=O) groups is 1. The van der Waals surface area contributed by atoms with Crippen LogP contribution in [0.5, 0.6) is 0 Å². The Morgan fingerprint density at radius 3 is 2.48 bits per heavy atom. The molecular formula is C36H36N8O2. The lowest BCUT2D eigenvalue weighted by atomic mass is 10.1. The van der Waals surface area contributed by atoms with E-state index >= 15 is 0 Å². The molecule has 6 rings (SSSR count). The number of amides is 1. The van der Waals surface area contributed by atoms with Crippen molar-refractivity contribution in [1.29, 1.82) is 5.26 Å². The zero-order valence-electron chi connectivity index (χ0n) is 26.3. The predicted octanol–water partition coefficient (Wildman–Crippen LogP) is 5.97. The zero-order valence-corrected chi connectivity index (χ0v) is 26.3. The smallest absolute Gasteiger partial charge is 0.410 e. The first-order valence-corrected chi connectivity index (χ1v) is 15.3. The minimum atomic E-state index is -0.497. The van der Waals surface area contributed by atoms with Crippen LogP contribution in [0.15, 0.2) is 91.5 Å². The van der Waals surface area contributed by atoms with Gasteiger partial charge in [0.2, 0.25) is 0 Å². The van der Waals surface area contributed by atoms with Crippen LogP contribution in [-0.2, 0) is 17.7 Å². The van der Waals surface area contributed by atoms with Crippen molar-refractivity contribution in [3.8, 4) is 28.6 Å². The highest BCUT2D eigenvalue weighted by Crippen LogP contribution is 2.30. The standard InChI is InChI=1S/C36H36N8O2/c1-36(2,3)46-35(45)43-18-16-42(17-19-43)30-11-9-26(10-12-30)21-33-39-15-13-32(40-33)31-25-44(24-28-7-4-6-27(20-28)22-37)41-34(31)29-8-5-14-38-23-29/h4-15,20,23,25H,16-19,21,24H2,1-3H3. The number of pyridine rings is 1. The molecule has 1 fully saturated rings. The normalized spacial score (nSPS) is 13.3. The molecule has 0 saturated carbocycles. The third-order valence-corrected chi connectivity index (χ3v) is 7.67. The minimum Gasteiger partial charge on any atom is -0.444 e. The number of ether oxygens (including phenoxy) is 1. The second-order valence-electron chi connectivity index (χ2n) is 12.3. The second-order valence-corrected chi connectivity index (χ2v) is 12.3. The lowest BCUT2D eigenvalue weighted by Gasteiger charge is -2.36. The maximum absolute atomic E-state index is 12.4. The van der Waals surface area contributed by atoms with Gasteiger partial charge in [-0.2, -0.15) is 10.4 Å². The molecule has 1 aliphatic heterocycles. The highest BCUT2D eigenvalue weighted by molar-refractivity contribution is 5.78. The number of nitriles is 1. The van der Waals surface area contributed by atoms with Crippen LogP contribution in [-0.4, -0.2) is 67.5 Å². The largest absolute Gasteiger partial charge is 0.444 e. The fourth-order valence-corrected chi connectivity index (χ4v) is 5.45. The fraction of sp³-hybridized carbons (Fsp3) is 0.278. The lowest BCUT2D eigenvalue weighted by Crippen LogP contribution is -2.50. The number of anilines is 1. The summed E-state index contributed by atoms with van der Waals surface area (Å²) in [6.45, 7) is 8.93. The van der Waals surface area contributed by atoms with Crippen molar-refractivity contribution in [3.63, 3.8) is 0 Å². The van der Waals surface area contributed by atoms with Crippen LogP contribution < -0.4 is 4.90 Å². The molecule has 1 amide bonds. The summed E-state index contributed by atoms with van der Waals surface area (Å²) in [6.07, 6.45) is 7.65. The van der Waals surface area contributed by atoms with Crippen molar-refractivity contribution in [2.75, 3.05) is 31.1 Å². The van der Waals surface area contributed by atoms with Crippen LogP contribution in [0.25, 0.3) is 22.5 Å². The van der Waals surface area contributed by atoms with Crippen molar-refractivity contribution in [3.05, 3.63) is 114 Å². The molecule has 0 spiro atoms. The van der Waals surface area contributed by atoms with Gasteiger partial charge in [0.1, 0.15) is 17.1 Å². The highest BCUT2D eigenvalue weighted by Gasteiger charge is 2.26. The van der Waals surface area contributed by atoms with E-state index in [1.54, 1.807) is 29.6 Å². The van der Waals surface area contributed by atoms with Gasteiger partial charge in [0.15, 0.2) is 0 Å². The Hall–Kier alpha value is -5.56. The van der Waals surface area contributed by atoms with E-state index in [1.165, 1.54) is 0 Å². The van der Waals surface area contributed by atoms with E-state index in [0.29, 0.717) is 37.4 Å². The van der Waals surface area contributed by atoms with Crippen LogP contribution in [0.1, 0.15) is 43.3 Å². The molecule has 232 valence electrons. The van der Waals surface area contributed by atoms with Gasteiger partial charge in [-0.25, -0.2) is 14.8 Å². The molecule has 5 aromatic rings. The van der Waals surface area contributed by atoms with Gasteiger partial charge >= 0.3 is 6.09 Å². The minimum absolute atomic E-state index is 0.255. The molecular weight excluding hydrogens is 576 g/mol. The van der Waals surface area contributed by atoms with Gasteiger partial charge < -0.3 is 14.5 Å². The van der Waals surface area contributed by atoms with Crippen molar-refractivity contribution in [2.45, 2.75) is 39.3 Å². The molecule has 46 heavy (non-hydrogen) atoms. The van der Waals surface area contributed by atoms with E-state index in [4.69, 9.17) is 14.8 Å². The summed E-state index contributed by atoms with van der Waals surface area (Å²) < 4.78 is 7.41. The topological polar surface area (TPSA) is 113 Å². The van der Waals surface area contributed by atoms with Crippen LogP contribution in [0.3, 0.4) is 0 Å². The molecule has 0 bridgehead atoms. The summed E-state index contributed by atoms with van der Waals surface area (Å²) in [6, 6.07) is 24.0. The monoisotopic (exact) mass is 612 g/mol.